The average Bonchev–Trinajstić information content (AvgIpc) is 3.75. The van der Waals surface area contributed by atoms with Crippen molar-refractivity contribution >= 4 is 21.9 Å². The van der Waals surface area contributed by atoms with Gasteiger partial charge in [-0.25, -0.2) is 27.8 Å². The first-order chi connectivity index (χ1) is 18.2. The quantitative estimate of drug-likeness (QED) is 0.414. The minimum absolute atomic E-state index is 0.00593. The van der Waals surface area contributed by atoms with Crippen molar-refractivity contribution in [1.82, 2.24) is 19.9 Å². The fraction of sp³-hybridized carbons (Fsp3) is 0.400. The van der Waals surface area contributed by atoms with Crippen LogP contribution in [0.25, 0.3) is 11.3 Å². The number of anilines is 1. The Labute approximate surface area is 219 Å². The summed E-state index contributed by atoms with van der Waals surface area (Å²) < 4.78 is 54.0. The van der Waals surface area contributed by atoms with Gasteiger partial charge in [0.25, 0.3) is 0 Å². The molecule has 13 heteroatoms. The van der Waals surface area contributed by atoms with E-state index in [1.54, 1.807) is 12.1 Å². The van der Waals surface area contributed by atoms with Crippen molar-refractivity contribution in [3.05, 3.63) is 59.9 Å². The van der Waals surface area contributed by atoms with E-state index in [0.29, 0.717) is 36.6 Å². The lowest BCUT2D eigenvalue weighted by atomic mass is 9.66. The zero-order valence-electron chi connectivity index (χ0n) is 20.6. The Morgan fingerprint density at radius 3 is 2.79 bits per heavy atom. The molecule has 1 aromatic carbocycles. The summed E-state index contributed by atoms with van der Waals surface area (Å²) in [7, 11) is -3.63. The van der Waals surface area contributed by atoms with Crippen molar-refractivity contribution in [3.63, 3.8) is 0 Å². The maximum Gasteiger partial charge on any atom is 0.237 e. The molecule has 0 bridgehead atoms. The largest absolute Gasteiger partial charge is 0.477 e. The van der Waals surface area contributed by atoms with Crippen molar-refractivity contribution in [1.29, 1.82) is 0 Å². The first-order valence-electron chi connectivity index (χ1n) is 12.2. The molecule has 2 fully saturated rings. The maximum absolute atomic E-state index is 15.7. The van der Waals surface area contributed by atoms with Crippen molar-refractivity contribution in [2.45, 2.75) is 42.8 Å². The fourth-order valence-electron chi connectivity index (χ4n) is 4.75. The summed E-state index contributed by atoms with van der Waals surface area (Å²) in [6, 6.07) is 6.05. The zero-order valence-corrected chi connectivity index (χ0v) is 21.4. The summed E-state index contributed by atoms with van der Waals surface area (Å²) in [5.74, 6) is -1.98. The third-order valence-electron chi connectivity index (χ3n) is 6.85. The Morgan fingerprint density at radius 2 is 2.08 bits per heavy atom. The van der Waals surface area contributed by atoms with E-state index in [1.165, 1.54) is 30.7 Å². The van der Waals surface area contributed by atoms with E-state index in [4.69, 9.17) is 15.2 Å². The number of nitrogens with two attached hydrogens (primary N) is 1. The van der Waals surface area contributed by atoms with Crippen LogP contribution in [0.1, 0.15) is 43.4 Å². The molecule has 3 aromatic rings. The number of ether oxygens (including phenoxy) is 2. The van der Waals surface area contributed by atoms with Gasteiger partial charge in [-0.05, 0) is 43.9 Å². The van der Waals surface area contributed by atoms with Gasteiger partial charge in [-0.3, -0.25) is 14.5 Å². The van der Waals surface area contributed by atoms with Crippen LogP contribution in [0.5, 0.6) is 5.88 Å². The minimum Gasteiger partial charge on any atom is -0.477 e. The Kier molecular flexibility index (Phi) is 6.97. The number of amides is 1. The van der Waals surface area contributed by atoms with Gasteiger partial charge < -0.3 is 15.2 Å². The van der Waals surface area contributed by atoms with Crippen molar-refractivity contribution in [2.24, 2.45) is 5.73 Å². The van der Waals surface area contributed by atoms with E-state index in [1.807, 2.05) is 6.92 Å². The first-order valence-corrected chi connectivity index (χ1v) is 13.8. The lowest BCUT2D eigenvalue weighted by Gasteiger charge is -2.41. The summed E-state index contributed by atoms with van der Waals surface area (Å²) in [4.78, 5) is 29.9. The number of benzene rings is 1. The second-order valence-corrected chi connectivity index (χ2v) is 11.2. The first kappa shape index (κ1) is 25.9. The number of sulfonamides is 1. The van der Waals surface area contributed by atoms with Crippen LogP contribution in [-0.2, 0) is 25.0 Å². The molecule has 0 spiro atoms. The van der Waals surface area contributed by atoms with Crippen molar-refractivity contribution in [3.8, 4) is 17.1 Å². The molecule has 2 unspecified atom stereocenters. The molecule has 2 aromatic heterocycles. The highest BCUT2D eigenvalue weighted by atomic mass is 32.2. The monoisotopic (exact) mass is 542 g/mol. The molecule has 1 saturated carbocycles. The lowest BCUT2D eigenvalue weighted by Crippen LogP contribution is -2.51. The van der Waals surface area contributed by atoms with E-state index in [-0.39, 0.29) is 36.8 Å². The predicted molar refractivity (Wildman–Crippen MR) is 135 cm³/mol. The van der Waals surface area contributed by atoms with Crippen LogP contribution in [0, 0.1) is 5.82 Å². The second kappa shape index (κ2) is 10.2. The van der Waals surface area contributed by atoms with Gasteiger partial charge in [0.2, 0.25) is 27.8 Å². The number of hydrogen-bond donors (Lipinski definition) is 2. The number of nitrogens with zero attached hydrogens (tertiary/aromatic N) is 4. The van der Waals surface area contributed by atoms with E-state index in [0.717, 1.165) is 0 Å². The van der Waals surface area contributed by atoms with E-state index < -0.39 is 38.3 Å². The molecule has 38 heavy (non-hydrogen) atoms. The molecule has 200 valence electrons. The third kappa shape index (κ3) is 4.90. The smallest absolute Gasteiger partial charge is 0.237 e. The highest BCUT2D eigenvalue weighted by Crippen LogP contribution is 2.45. The SMILES string of the molecule is CCOc1cncc(-c2ccc(C3COCCC3(C(N)=O)c3ccnc(NS(=O)(=O)C4CC4)n3)c(F)c2)n1. The van der Waals surface area contributed by atoms with Crippen LogP contribution in [0.3, 0.4) is 0 Å². The normalized spacial score (nSPS) is 21.6. The number of carbonyl (C=O) groups excluding carboxylic acids is 1. The van der Waals surface area contributed by atoms with Crippen molar-refractivity contribution in [2.75, 3.05) is 24.5 Å². The van der Waals surface area contributed by atoms with E-state index in [9.17, 15) is 13.2 Å². The Balaban J connectivity index is 1.52. The summed E-state index contributed by atoms with van der Waals surface area (Å²) in [5, 5.41) is -0.484. The molecular formula is C25H27FN6O5S. The standard InChI is InChI=1S/C25H27FN6O5S/c1-2-37-22-13-28-12-20(30-22)15-3-6-17(19(26)11-15)18-14-36-10-8-25(18,23(27)33)21-7-9-29-24(31-21)32-38(34,35)16-4-5-16/h3,6-7,9,11-13,16,18H,2,4-5,8,10,14H2,1H3,(H2,27,33)(H,29,31,32). The summed E-state index contributed by atoms with van der Waals surface area (Å²) in [5.41, 5.74) is 5.80. The predicted octanol–water partition coefficient (Wildman–Crippen LogP) is 2.30. The van der Waals surface area contributed by atoms with E-state index >= 15 is 4.39 Å². The Bertz CT molecular complexity index is 1470. The van der Waals surface area contributed by atoms with Gasteiger partial charge >= 0.3 is 0 Å². The second-order valence-electron chi connectivity index (χ2n) is 9.24. The zero-order chi connectivity index (χ0) is 26.9. The molecule has 3 N–H and O–H groups in total. The van der Waals surface area contributed by atoms with Crippen LogP contribution in [0.2, 0.25) is 0 Å². The molecule has 1 aliphatic heterocycles. The number of primary amides is 1. The summed E-state index contributed by atoms with van der Waals surface area (Å²) >= 11 is 0. The number of rotatable bonds is 9. The lowest BCUT2D eigenvalue weighted by molar-refractivity contribution is -0.128. The molecule has 11 nitrogen and oxygen atoms in total. The van der Waals surface area contributed by atoms with Gasteiger partial charge in [0.15, 0.2) is 0 Å². The number of nitrogens with one attached hydrogen (secondary N) is 1. The molecule has 2 atom stereocenters. The van der Waals surface area contributed by atoms with Crippen molar-refractivity contribution < 1.29 is 27.1 Å². The van der Waals surface area contributed by atoms with Crippen LogP contribution in [0.4, 0.5) is 10.3 Å². The van der Waals surface area contributed by atoms with Gasteiger partial charge in [-0.15, -0.1) is 0 Å². The topological polar surface area (TPSA) is 159 Å². The fourth-order valence-corrected chi connectivity index (χ4v) is 6.03. The van der Waals surface area contributed by atoms with Gasteiger partial charge in [0.05, 0.1) is 42.2 Å². The van der Waals surface area contributed by atoms with Gasteiger partial charge in [0.1, 0.15) is 11.2 Å². The van der Waals surface area contributed by atoms with Gasteiger partial charge in [-0.1, -0.05) is 12.1 Å². The van der Waals surface area contributed by atoms with Crippen LogP contribution >= 0.6 is 0 Å². The van der Waals surface area contributed by atoms with Gasteiger partial charge in [0, 0.05) is 24.3 Å². The highest BCUT2D eigenvalue weighted by molar-refractivity contribution is 7.93. The summed E-state index contributed by atoms with van der Waals surface area (Å²) in [6.45, 7) is 2.43. The van der Waals surface area contributed by atoms with Crippen LogP contribution in [-0.4, -0.2) is 59.3 Å². The molecule has 3 heterocycles. The molecule has 5 rings (SSSR count). The summed E-state index contributed by atoms with van der Waals surface area (Å²) in [6.07, 6.45) is 5.58. The highest BCUT2D eigenvalue weighted by Gasteiger charge is 2.51. The molecule has 0 radical (unpaired) electrons. The molecule has 1 aliphatic carbocycles. The van der Waals surface area contributed by atoms with Crippen LogP contribution in [0.15, 0.2) is 42.9 Å². The molecule has 1 saturated heterocycles. The van der Waals surface area contributed by atoms with Gasteiger partial charge in [-0.2, -0.15) is 0 Å². The number of carbonyl (C=O) groups is 1. The third-order valence-corrected chi connectivity index (χ3v) is 8.66. The van der Waals surface area contributed by atoms with E-state index in [2.05, 4.69) is 24.7 Å². The number of hydrogen-bond acceptors (Lipinski definition) is 9. The Morgan fingerprint density at radius 1 is 1.26 bits per heavy atom. The molecule has 2 aliphatic rings. The molecular weight excluding hydrogens is 515 g/mol. The Hall–Kier alpha value is -3.71. The van der Waals surface area contributed by atoms with Crippen LogP contribution < -0.4 is 15.2 Å². The number of aromatic nitrogens is 4. The minimum atomic E-state index is -3.63. The number of halogens is 1. The average molecular weight is 543 g/mol. The maximum atomic E-state index is 15.7. The molecule has 1 amide bonds.